The third kappa shape index (κ3) is 3.10. The van der Waals surface area contributed by atoms with Crippen molar-refractivity contribution in [2.45, 2.75) is 32.2 Å². The molecule has 2 aliphatic heterocycles. The zero-order valence-electron chi connectivity index (χ0n) is 17.5. The molecule has 2 aromatic rings. The molecular formula is C22H21FN4O5. The highest BCUT2D eigenvalue weighted by Gasteiger charge is 2.61. The van der Waals surface area contributed by atoms with E-state index in [1.807, 2.05) is 6.92 Å². The minimum Gasteiger partial charge on any atom is -0.370 e. The number of hydrogen-bond acceptors (Lipinski definition) is 6. The molecule has 10 heteroatoms. The summed E-state index contributed by atoms with van der Waals surface area (Å²) in [6, 6.07) is 7.65. The van der Waals surface area contributed by atoms with Gasteiger partial charge in [0.15, 0.2) is 5.41 Å². The molecule has 2 aromatic carbocycles. The van der Waals surface area contributed by atoms with Crippen LogP contribution < -0.4 is 15.1 Å². The van der Waals surface area contributed by atoms with E-state index in [4.69, 9.17) is 0 Å². The van der Waals surface area contributed by atoms with Crippen LogP contribution in [0.1, 0.15) is 25.3 Å². The van der Waals surface area contributed by atoms with Gasteiger partial charge in [-0.1, -0.05) is 13.3 Å². The number of benzene rings is 2. The highest BCUT2D eigenvalue weighted by molar-refractivity contribution is 6.30. The molecule has 9 nitrogen and oxygen atoms in total. The molecular weight excluding hydrogens is 419 g/mol. The van der Waals surface area contributed by atoms with Gasteiger partial charge in [0.2, 0.25) is 5.91 Å². The first-order valence-electron chi connectivity index (χ1n) is 10.2. The second-order valence-electron chi connectivity index (χ2n) is 8.01. The topological polar surface area (TPSA) is 113 Å². The van der Waals surface area contributed by atoms with Crippen LogP contribution in [0.25, 0.3) is 0 Å². The maximum atomic E-state index is 13.9. The number of fused-ring (bicyclic) bond motifs is 1. The molecule has 0 radical (unpaired) electrons. The third-order valence-corrected chi connectivity index (χ3v) is 6.22. The summed E-state index contributed by atoms with van der Waals surface area (Å²) in [6.45, 7) is 1.92. The lowest BCUT2D eigenvalue weighted by Gasteiger charge is -2.50. The summed E-state index contributed by atoms with van der Waals surface area (Å²) < 4.78 is 13.4. The van der Waals surface area contributed by atoms with E-state index in [-0.39, 0.29) is 17.8 Å². The maximum absolute atomic E-state index is 13.9. The Balaban J connectivity index is 1.88. The van der Waals surface area contributed by atoms with Crippen molar-refractivity contribution in [2.75, 3.05) is 16.8 Å². The summed E-state index contributed by atoms with van der Waals surface area (Å²) >= 11 is 0. The zero-order valence-corrected chi connectivity index (χ0v) is 17.5. The Morgan fingerprint density at radius 2 is 1.88 bits per heavy atom. The van der Waals surface area contributed by atoms with Crippen molar-refractivity contribution in [3.63, 3.8) is 0 Å². The Bertz CT molecular complexity index is 1140. The minimum atomic E-state index is -1.69. The number of nitro groups is 1. The van der Waals surface area contributed by atoms with E-state index in [1.165, 1.54) is 24.3 Å². The van der Waals surface area contributed by atoms with E-state index in [2.05, 4.69) is 5.32 Å². The highest BCUT2D eigenvalue weighted by Crippen LogP contribution is 2.46. The number of anilines is 2. The first kappa shape index (κ1) is 21.4. The predicted molar refractivity (Wildman–Crippen MR) is 114 cm³/mol. The predicted octanol–water partition coefficient (Wildman–Crippen LogP) is 3.16. The molecule has 166 valence electrons. The number of nitrogens with one attached hydrogen (secondary N) is 1. The van der Waals surface area contributed by atoms with Gasteiger partial charge in [-0.15, -0.1) is 0 Å². The molecule has 0 aromatic heterocycles. The summed E-state index contributed by atoms with van der Waals surface area (Å²) in [5.74, 6) is -2.01. The van der Waals surface area contributed by atoms with E-state index in [1.54, 1.807) is 18.0 Å². The van der Waals surface area contributed by atoms with Crippen LogP contribution in [-0.2, 0) is 16.0 Å². The summed E-state index contributed by atoms with van der Waals surface area (Å²) in [6.07, 6.45) is 1.02. The molecule has 2 aliphatic rings. The lowest BCUT2D eigenvalue weighted by atomic mass is 9.67. The Kier molecular flexibility index (Phi) is 5.15. The number of non-ortho nitro benzene ring substituents is 1. The minimum absolute atomic E-state index is 0.103. The zero-order chi connectivity index (χ0) is 23.2. The quantitative estimate of drug-likeness (QED) is 0.444. The van der Waals surface area contributed by atoms with Crippen molar-refractivity contribution >= 4 is 34.9 Å². The molecule has 2 heterocycles. The monoisotopic (exact) mass is 440 g/mol. The van der Waals surface area contributed by atoms with E-state index in [0.29, 0.717) is 24.1 Å². The molecule has 1 spiro atoms. The smallest absolute Gasteiger partial charge is 0.335 e. The number of rotatable bonds is 4. The number of barbiturate groups is 1. The molecule has 4 amide bonds. The summed E-state index contributed by atoms with van der Waals surface area (Å²) in [4.78, 5) is 53.2. The molecule has 2 atom stereocenters. The SMILES string of the molecule is CCC[C@H]1N(C)c2ccc([N+](=O)[O-])cc2C[C@]12C(=O)NC(=O)N(c1ccc(F)cc1)C2=O. The molecule has 4 rings (SSSR count). The number of halogens is 1. The number of imide groups is 2. The van der Waals surface area contributed by atoms with Gasteiger partial charge in [0.05, 0.1) is 16.7 Å². The van der Waals surface area contributed by atoms with Gasteiger partial charge in [0.25, 0.3) is 11.6 Å². The molecule has 1 saturated heterocycles. The molecule has 0 unspecified atom stereocenters. The molecule has 0 aliphatic carbocycles. The lowest BCUT2D eigenvalue weighted by Crippen LogP contribution is -2.72. The third-order valence-electron chi connectivity index (χ3n) is 6.22. The van der Waals surface area contributed by atoms with Crippen molar-refractivity contribution in [1.82, 2.24) is 5.32 Å². The second-order valence-corrected chi connectivity index (χ2v) is 8.01. The van der Waals surface area contributed by atoms with Crippen LogP contribution in [-0.4, -0.2) is 35.9 Å². The van der Waals surface area contributed by atoms with Crippen LogP contribution in [0.2, 0.25) is 0 Å². The fraction of sp³-hybridized carbons (Fsp3) is 0.318. The van der Waals surface area contributed by atoms with Gasteiger partial charge in [-0.2, -0.15) is 0 Å². The van der Waals surface area contributed by atoms with E-state index >= 15 is 0 Å². The van der Waals surface area contributed by atoms with Crippen LogP contribution in [0.4, 0.5) is 26.2 Å². The van der Waals surface area contributed by atoms with Crippen molar-refractivity contribution in [3.8, 4) is 0 Å². The number of nitrogens with zero attached hydrogens (tertiary/aromatic N) is 3. The van der Waals surface area contributed by atoms with E-state index in [0.717, 1.165) is 17.0 Å². The summed E-state index contributed by atoms with van der Waals surface area (Å²) in [5, 5.41) is 13.6. The van der Waals surface area contributed by atoms with E-state index in [9.17, 15) is 28.9 Å². The highest BCUT2D eigenvalue weighted by atomic mass is 19.1. The number of hydrogen-bond donors (Lipinski definition) is 1. The maximum Gasteiger partial charge on any atom is 0.335 e. The van der Waals surface area contributed by atoms with Crippen LogP contribution in [0.5, 0.6) is 0 Å². The van der Waals surface area contributed by atoms with Gasteiger partial charge in [-0.25, -0.2) is 14.1 Å². The lowest BCUT2D eigenvalue weighted by molar-refractivity contribution is -0.384. The average Bonchev–Trinajstić information content (AvgIpc) is 2.75. The van der Waals surface area contributed by atoms with Gasteiger partial charge in [-0.05, 0) is 42.3 Å². The van der Waals surface area contributed by atoms with Gasteiger partial charge in [0.1, 0.15) is 5.82 Å². The van der Waals surface area contributed by atoms with Crippen molar-refractivity contribution in [3.05, 3.63) is 64.0 Å². The van der Waals surface area contributed by atoms with E-state index < -0.39 is 40.0 Å². The summed E-state index contributed by atoms with van der Waals surface area (Å²) in [7, 11) is 1.73. The van der Waals surface area contributed by atoms with Gasteiger partial charge in [-0.3, -0.25) is 25.0 Å². The largest absolute Gasteiger partial charge is 0.370 e. The van der Waals surface area contributed by atoms with Gasteiger partial charge < -0.3 is 4.90 Å². The molecule has 32 heavy (non-hydrogen) atoms. The first-order chi connectivity index (χ1) is 15.2. The summed E-state index contributed by atoms with van der Waals surface area (Å²) in [5.41, 5.74) is -0.564. The fourth-order valence-corrected chi connectivity index (χ4v) is 4.73. The van der Waals surface area contributed by atoms with Gasteiger partial charge >= 0.3 is 6.03 Å². The number of urea groups is 1. The Labute approximate surface area is 182 Å². The first-order valence-corrected chi connectivity index (χ1v) is 10.2. The van der Waals surface area contributed by atoms with Crippen molar-refractivity contribution < 1.29 is 23.7 Å². The van der Waals surface area contributed by atoms with Crippen LogP contribution in [0.3, 0.4) is 0 Å². The molecule has 0 bridgehead atoms. The number of nitro benzene ring substituents is 1. The average molecular weight is 440 g/mol. The van der Waals surface area contributed by atoms with Crippen molar-refractivity contribution in [1.29, 1.82) is 0 Å². The van der Waals surface area contributed by atoms with Gasteiger partial charge in [0, 0.05) is 31.3 Å². The standard InChI is InChI=1S/C22H21FN4O5/c1-3-4-18-22(12-13-11-16(27(31)32)9-10-17(13)25(18)2)19(28)24-21(30)26(20(22)29)15-7-5-14(23)6-8-15/h5-11,18H,3-4,12H2,1-2H3,(H,24,28,30)/t18-,22-/m1/s1. The second kappa shape index (κ2) is 7.70. The van der Waals surface area contributed by atoms with Crippen molar-refractivity contribution in [2.24, 2.45) is 5.41 Å². The number of carbonyl (C=O) groups is 3. The van der Waals surface area contributed by atoms with Crippen LogP contribution in [0, 0.1) is 21.3 Å². The Morgan fingerprint density at radius 1 is 1.19 bits per heavy atom. The molecule has 1 fully saturated rings. The number of carbonyl (C=O) groups excluding carboxylic acids is 3. The van der Waals surface area contributed by atoms with Crippen LogP contribution >= 0.6 is 0 Å². The van der Waals surface area contributed by atoms with Crippen LogP contribution in [0.15, 0.2) is 42.5 Å². The number of amides is 4. The fourth-order valence-electron chi connectivity index (χ4n) is 4.73. The Hall–Kier alpha value is -3.82. The Morgan fingerprint density at radius 3 is 2.50 bits per heavy atom. The molecule has 1 N–H and O–H groups in total. The molecule has 0 saturated carbocycles. The normalized spacial score (nSPS) is 22.7.